The van der Waals surface area contributed by atoms with Gasteiger partial charge >= 0.3 is 0 Å². The highest BCUT2D eigenvalue weighted by atomic mass is 28.3. The molecule has 0 saturated carbocycles. The molecule has 0 rings (SSSR count). The molecule has 0 spiro atoms. The largest absolute Gasteiger partial charge is 0.295 e. The van der Waals surface area contributed by atoms with Crippen molar-refractivity contribution in [3.05, 3.63) is 11.8 Å². The molecule has 0 amide bonds. The number of carbonyl (C=O) groups is 1. The maximum atomic E-state index is 10.4. The third-order valence-electron chi connectivity index (χ3n) is 0.818. The molecule has 0 aromatic carbocycles. The normalized spacial score (nSPS) is 12.4. The third kappa shape index (κ3) is 7.63. The summed E-state index contributed by atoms with van der Waals surface area (Å²) in [5, 5.41) is 0. The highest BCUT2D eigenvalue weighted by Gasteiger charge is 2.06. The average molecular weight is 142 g/mol. The maximum absolute atomic E-state index is 10.4. The van der Waals surface area contributed by atoms with E-state index < -0.39 is 8.07 Å². The highest BCUT2D eigenvalue weighted by Crippen LogP contribution is 2.00. The molecule has 0 aromatic rings. The summed E-state index contributed by atoms with van der Waals surface area (Å²) in [7, 11) is -1.12. The fourth-order valence-corrected chi connectivity index (χ4v) is 1.10. The van der Waals surface area contributed by atoms with Crippen LogP contribution in [0.3, 0.4) is 0 Å². The zero-order chi connectivity index (χ0) is 7.49. The summed E-state index contributed by atoms with van der Waals surface area (Å²) in [6.07, 6.45) is 1.67. The molecular formula is C7H14OSi. The van der Waals surface area contributed by atoms with E-state index in [4.69, 9.17) is 0 Å². The molecule has 0 N–H and O–H groups in total. The van der Waals surface area contributed by atoms with Crippen LogP contribution in [-0.4, -0.2) is 13.9 Å². The van der Waals surface area contributed by atoms with Crippen molar-refractivity contribution in [3.63, 3.8) is 0 Å². The average Bonchev–Trinajstić information content (AvgIpc) is 1.59. The van der Waals surface area contributed by atoms with Gasteiger partial charge in [0.25, 0.3) is 0 Å². The summed E-state index contributed by atoms with van der Waals surface area (Å²) in [5.74, 6) is 0.150. The van der Waals surface area contributed by atoms with E-state index in [1.54, 1.807) is 13.0 Å². The van der Waals surface area contributed by atoms with Crippen molar-refractivity contribution in [2.24, 2.45) is 0 Å². The van der Waals surface area contributed by atoms with Gasteiger partial charge in [0.1, 0.15) is 0 Å². The molecular weight excluding hydrogens is 128 g/mol. The Morgan fingerprint density at radius 3 is 1.89 bits per heavy atom. The Labute approximate surface area is 57.8 Å². The zero-order valence-corrected chi connectivity index (χ0v) is 7.56. The SMILES string of the molecule is CC(=O)/C=C/[Si](C)(C)C. The van der Waals surface area contributed by atoms with Crippen molar-refractivity contribution in [3.8, 4) is 0 Å². The molecule has 0 aliphatic carbocycles. The van der Waals surface area contributed by atoms with E-state index in [-0.39, 0.29) is 5.78 Å². The Hall–Kier alpha value is -0.373. The lowest BCUT2D eigenvalue weighted by Gasteiger charge is -2.06. The second-order valence-corrected chi connectivity index (χ2v) is 8.38. The molecule has 0 aromatic heterocycles. The minimum Gasteiger partial charge on any atom is -0.295 e. The van der Waals surface area contributed by atoms with E-state index >= 15 is 0 Å². The van der Waals surface area contributed by atoms with Gasteiger partial charge in [-0.1, -0.05) is 25.3 Å². The van der Waals surface area contributed by atoms with Gasteiger partial charge in [-0.2, -0.15) is 0 Å². The van der Waals surface area contributed by atoms with Gasteiger partial charge in [0, 0.05) is 0 Å². The number of hydrogen-bond donors (Lipinski definition) is 0. The fraction of sp³-hybridized carbons (Fsp3) is 0.571. The van der Waals surface area contributed by atoms with Gasteiger partial charge in [0.15, 0.2) is 5.78 Å². The summed E-state index contributed by atoms with van der Waals surface area (Å²) < 4.78 is 0. The van der Waals surface area contributed by atoms with Gasteiger partial charge < -0.3 is 0 Å². The van der Waals surface area contributed by atoms with Crippen LogP contribution in [0.25, 0.3) is 0 Å². The molecule has 2 heteroatoms. The van der Waals surface area contributed by atoms with Crippen LogP contribution in [0.2, 0.25) is 19.6 Å². The summed E-state index contributed by atoms with van der Waals surface area (Å²) in [6.45, 7) is 8.18. The molecule has 0 aliphatic heterocycles. The van der Waals surface area contributed by atoms with Crippen molar-refractivity contribution >= 4 is 13.9 Å². The first-order valence-electron chi connectivity index (χ1n) is 3.11. The minimum atomic E-state index is -1.12. The van der Waals surface area contributed by atoms with Gasteiger partial charge in [-0.05, 0) is 13.0 Å². The Bertz CT molecular complexity index is 130. The molecule has 0 bridgehead atoms. The Balaban J connectivity index is 3.86. The van der Waals surface area contributed by atoms with E-state index in [1.165, 1.54) is 0 Å². The first kappa shape index (κ1) is 8.63. The van der Waals surface area contributed by atoms with Crippen LogP contribution < -0.4 is 0 Å². The van der Waals surface area contributed by atoms with Crippen molar-refractivity contribution in [2.75, 3.05) is 0 Å². The predicted octanol–water partition coefficient (Wildman–Crippen LogP) is 2.01. The van der Waals surface area contributed by atoms with Crippen molar-refractivity contribution in [1.29, 1.82) is 0 Å². The molecule has 0 unspecified atom stereocenters. The van der Waals surface area contributed by atoms with Crippen LogP contribution in [0.1, 0.15) is 6.92 Å². The molecule has 1 nitrogen and oxygen atoms in total. The van der Waals surface area contributed by atoms with Crippen LogP contribution in [0.4, 0.5) is 0 Å². The molecule has 0 heterocycles. The third-order valence-corrected chi connectivity index (χ3v) is 1.98. The summed E-state index contributed by atoms with van der Waals surface area (Å²) in [4.78, 5) is 10.4. The van der Waals surface area contributed by atoms with Gasteiger partial charge in [-0.15, -0.1) is 0 Å². The van der Waals surface area contributed by atoms with Crippen LogP contribution in [-0.2, 0) is 4.79 Å². The van der Waals surface area contributed by atoms with Crippen LogP contribution >= 0.6 is 0 Å². The molecule has 52 valence electrons. The van der Waals surface area contributed by atoms with Crippen molar-refractivity contribution in [1.82, 2.24) is 0 Å². The number of ketones is 1. The molecule has 0 atom stereocenters. The second-order valence-electron chi connectivity index (χ2n) is 3.31. The van der Waals surface area contributed by atoms with Gasteiger partial charge in [0.2, 0.25) is 0 Å². The number of allylic oxidation sites excluding steroid dienone is 1. The smallest absolute Gasteiger partial charge is 0.151 e. The summed E-state index contributed by atoms with van der Waals surface area (Å²) in [6, 6.07) is 0. The summed E-state index contributed by atoms with van der Waals surface area (Å²) in [5.41, 5.74) is 2.05. The zero-order valence-electron chi connectivity index (χ0n) is 6.56. The Kier molecular flexibility index (Phi) is 2.84. The second kappa shape index (κ2) is 2.97. The van der Waals surface area contributed by atoms with E-state index in [2.05, 4.69) is 25.3 Å². The lowest BCUT2D eigenvalue weighted by atomic mass is 10.5. The number of carbonyl (C=O) groups excluding carboxylic acids is 1. The van der Waals surface area contributed by atoms with Crippen LogP contribution in [0.15, 0.2) is 11.8 Å². The topological polar surface area (TPSA) is 17.1 Å². The first-order valence-corrected chi connectivity index (χ1v) is 6.69. The number of rotatable bonds is 2. The maximum Gasteiger partial charge on any atom is 0.151 e. The minimum absolute atomic E-state index is 0.150. The van der Waals surface area contributed by atoms with E-state index in [0.717, 1.165) is 0 Å². The monoisotopic (exact) mass is 142 g/mol. The van der Waals surface area contributed by atoms with Gasteiger partial charge in [-0.3, -0.25) is 4.79 Å². The lowest BCUT2D eigenvalue weighted by molar-refractivity contribution is -0.112. The highest BCUT2D eigenvalue weighted by molar-refractivity contribution is 6.81. The molecule has 0 saturated heterocycles. The van der Waals surface area contributed by atoms with Crippen molar-refractivity contribution in [2.45, 2.75) is 26.6 Å². The van der Waals surface area contributed by atoms with Gasteiger partial charge in [0.05, 0.1) is 8.07 Å². The Morgan fingerprint density at radius 2 is 1.78 bits per heavy atom. The van der Waals surface area contributed by atoms with Gasteiger partial charge in [-0.25, -0.2) is 0 Å². The summed E-state index contributed by atoms with van der Waals surface area (Å²) >= 11 is 0. The van der Waals surface area contributed by atoms with E-state index in [1.807, 2.05) is 0 Å². The van der Waals surface area contributed by atoms with Crippen LogP contribution in [0, 0.1) is 0 Å². The van der Waals surface area contributed by atoms with E-state index in [0.29, 0.717) is 0 Å². The van der Waals surface area contributed by atoms with Crippen molar-refractivity contribution < 1.29 is 4.79 Å². The predicted molar refractivity (Wildman–Crippen MR) is 43.2 cm³/mol. The molecule has 0 aliphatic rings. The molecule has 0 fully saturated rings. The fourth-order valence-electron chi connectivity index (χ4n) is 0.367. The Morgan fingerprint density at radius 1 is 1.33 bits per heavy atom. The quantitative estimate of drug-likeness (QED) is 0.426. The molecule has 0 radical (unpaired) electrons. The first-order chi connectivity index (χ1) is 3.92. The molecule has 9 heavy (non-hydrogen) atoms. The van der Waals surface area contributed by atoms with Crippen LogP contribution in [0.5, 0.6) is 0 Å². The lowest BCUT2D eigenvalue weighted by Crippen LogP contribution is -2.15. The standard InChI is InChI=1S/C7H14OSi/c1-7(8)5-6-9(2,3)4/h5-6H,1-4H3/b6-5+. The van der Waals surface area contributed by atoms with E-state index in [9.17, 15) is 4.79 Å². The number of hydrogen-bond acceptors (Lipinski definition) is 1.